The highest BCUT2D eigenvalue weighted by Crippen LogP contribution is 2.24. The largest absolute Gasteiger partial charge is 0.390 e. The van der Waals surface area contributed by atoms with Crippen molar-refractivity contribution in [2.75, 3.05) is 0 Å². The molecule has 1 radical (unpaired) electrons. The summed E-state index contributed by atoms with van der Waals surface area (Å²) in [6.07, 6.45) is 1.93. The molecule has 0 saturated heterocycles. The summed E-state index contributed by atoms with van der Waals surface area (Å²) in [5, 5.41) is 9.30. The highest BCUT2D eigenvalue weighted by molar-refractivity contribution is 4.93. The van der Waals surface area contributed by atoms with Gasteiger partial charge in [0.2, 0.25) is 0 Å². The Morgan fingerprint density at radius 2 is 1.33 bits per heavy atom. The van der Waals surface area contributed by atoms with Gasteiger partial charge in [-0.3, -0.25) is 0 Å². The standard InChI is InChI=1S/C8H17O/c1-7(2,3)6-8(4,5)9/h6,9H,1-5H3. The van der Waals surface area contributed by atoms with E-state index >= 15 is 0 Å². The summed E-state index contributed by atoms with van der Waals surface area (Å²) in [6, 6.07) is 0. The molecule has 0 unspecified atom stereocenters. The average Bonchev–Trinajstić information content (AvgIpc) is 1.14. The molecule has 0 fully saturated rings. The van der Waals surface area contributed by atoms with E-state index < -0.39 is 5.60 Å². The van der Waals surface area contributed by atoms with Crippen LogP contribution in [0.15, 0.2) is 0 Å². The molecule has 0 aliphatic carbocycles. The van der Waals surface area contributed by atoms with Crippen molar-refractivity contribution in [1.82, 2.24) is 0 Å². The first-order valence-electron chi connectivity index (χ1n) is 3.30. The molecule has 1 N–H and O–H groups in total. The first kappa shape index (κ1) is 8.96. The van der Waals surface area contributed by atoms with Crippen molar-refractivity contribution in [2.24, 2.45) is 5.41 Å². The van der Waals surface area contributed by atoms with Crippen LogP contribution >= 0.6 is 0 Å². The lowest BCUT2D eigenvalue weighted by atomic mass is 9.84. The van der Waals surface area contributed by atoms with Crippen molar-refractivity contribution in [3.8, 4) is 0 Å². The molecule has 0 bridgehead atoms. The molecule has 0 spiro atoms. The first-order valence-corrected chi connectivity index (χ1v) is 3.30. The Hall–Kier alpha value is -0.0400. The molecular formula is C8H17O. The Morgan fingerprint density at radius 3 is 1.33 bits per heavy atom. The van der Waals surface area contributed by atoms with Gasteiger partial charge in [0.25, 0.3) is 0 Å². The minimum Gasteiger partial charge on any atom is -0.390 e. The van der Waals surface area contributed by atoms with Crippen LogP contribution in [0.2, 0.25) is 0 Å². The molecule has 9 heavy (non-hydrogen) atoms. The van der Waals surface area contributed by atoms with Crippen LogP contribution in [0.25, 0.3) is 0 Å². The zero-order valence-electron chi connectivity index (χ0n) is 7.02. The van der Waals surface area contributed by atoms with E-state index in [4.69, 9.17) is 0 Å². The van der Waals surface area contributed by atoms with E-state index in [-0.39, 0.29) is 5.41 Å². The smallest absolute Gasteiger partial charge is 0.0628 e. The third-order valence-electron chi connectivity index (χ3n) is 0.786. The molecule has 0 aromatic heterocycles. The molecule has 0 aliphatic rings. The van der Waals surface area contributed by atoms with E-state index in [1.54, 1.807) is 13.8 Å². The van der Waals surface area contributed by atoms with Crippen LogP contribution in [0.1, 0.15) is 34.6 Å². The molecule has 0 atom stereocenters. The van der Waals surface area contributed by atoms with Crippen molar-refractivity contribution in [1.29, 1.82) is 0 Å². The van der Waals surface area contributed by atoms with Crippen molar-refractivity contribution < 1.29 is 5.11 Å². The van der Waals surface area contributed by atoms with Crippen LogP contribution in [0.4, 0.5) is 0 Å². The Labute approximate surface area is 58.1 Å². The van der Waals surface area contributed by atoms with Gasteiger partial charge in [0, 0.05) is 0 Å². The van der Waals surface area contributed by atoms with Gasteiger partial charge in [-0.25, -0.2) is 0 Å². The molecule has 55 valence electrons. The summed E-state index contributed by atoms with van der Waals surface area (Å²) in [6.45, 7) is 9.80. The molecule has 0 rings (SSSR count). The SMILES string of the molecule is CC(C)(C)[CH]C(C)(C)O. The van der Waals surface area contributed by atoms with E-state index in [1.165, 1.54) is 0 Å². The van der Waals surface area contributed by atoms with Crippen LogP contribution in [-0.4, -0.2) is 10.7 Å². The summed E-state index contributed by atoms with van der Waals surface area (Å²) < 4.78 is 0. The van der Waals surface area contributed by atoms with Gasteiger partial charge in [-0.15, -0.1) is 0 Å². The molecule has 1 nitrogen and oxygen atoms in total. The molecule has 0 aromatic carbocycles. The molecular weight excluding hydrogens is 112 g/mol. The van der Waals surface area contributed by atoms with E-state index in [2.05, 4.69) is 20.8 Å². The second-order valence-electron chi connectivity index (χ2n) is 4.16. The van der Waals surface area contributed by atoms with Gasteiger partial charge in [0.1, 0.15) is 0 Å². The maximum absolute atomic E-state index is 9.30. The minimum absolute atomic E-state index is 0.109. The fraction of sp³-hybridized carbons (Fsp3) is 0.875. The van der Waals surface area contributed by atoms with Crippen LogP contribution in [0, 0.1) is 11.8 Å². The van der Waals surface area contributed by atoms with Crippen LogP contribution in [0.5, 0.6) is 0 Å². The predicted molar refractivity (Wildman–Crippen MR) is 40.1 cm³/mol. The Morgan fingerprint density at radius 1 is 1.00 bits per heavy atom. The topological polar surface area (TPSA) is 20.2 Å². The summed E-state index contributed by atoms with van der Waals surface area (Å²) in [7, 11) is 0. The fourth-order valence-electron chi connectivity index (χ4n) is 1.06. The van der Waals surface area contributed by atoms with Gasteiger partial charge in [-0.1, -0.05) is 20.8 Å². The van der Waals surface area contributed by atoms with Gasteiger partial charge >= 0.3 is 0 Å². The molecule has 0 aliphatic heterocycles. The normalized spacial score (nSPS) is 14.0. The number of hydrogen-bond acceptors (Lipinski definition) is 1. The van der Waals surface area contributed by atoms with Gasteiger partial charge in [-0.2, -0.15) is 0 Å². The maximum Gasteiger partial charge on any atom is 0.0628 e. The van der Waals surface area contributed by atoms with Gasteiger partial charge in [-0.05, 0) is 25.7 Å². The Kier molecular flexibility index (Phi) is 2.29. The number of aliphatic hydroxyl groups is 1. The van der Waals surface area contributed by atoms with Crippen LogP contribution in [-0.2, 0) is 0 Å². The minimum atomic E-state index is -0.641. The summed E-state index contributed by atoms with van der Waals surface area (Å²) in [5.41, 5.74) is -0.531. The molecule has 0 saturated carbocycles. The molecule has 1 heteroatoms. The highest BCUT2D eigenvalue weighted by atomic mass is 16.3. The van der Waals surface area contributed by atoms with E-state index in [0.717, 1.165) is 0 Å². The lowest BCUT2D eigenvalue weighted by Crippen LogP contribution is -2.27. The number of hydrogen-bond donors (Lipinski definition) is 1. The van der Waals surface area contributed by atoms with Crippen LogP contribution in [0.3, 0.4) is 0 Å². The maximum atomic E-state index is 9.30. The third-order valence-corrected chi connectivity index (χ3v) is 0.786. The van der Waals surface area contributed by atoms with Gasteiger partial charge in [0.15, 0.2) is 0 Å². The Bertz CT molecular complexity index is 69.7. The summed E-state index contributed by atoms with van der Waals surface area (Å²) in [4.78, 5) is 0. The lowest BCUT2D eigenvalue weighted by Gasteiger charge is -2.26. The summed E-state index contributed by atoms with van der Waals surface area (Å²) in [5.74, 6) is 0. The second-order valence-corrected chi connectivity index (χ2v) is 4.16. The Balaban J connectivity index is 3.75. The fourth-order valence-corrected chi connectivity index (χ4v) is 1.06. The highest BCUT2D eigenvalue weighted by Gasteiger charge is 2.22. The monoisotopic (exact) mass is 129 g/mol. The zero-order valence-corrected chi connectivity index (χ0v) is 7.02. The average molecular weight is 129 g/mol. The van der Waals surface area contributed by atoms with Crippen LogP contribution < -0.4 is 0 Å². The molecule has 0 aromatic rings. The molecule has 0 amide bonds. The number of rotatable bonds is 1. The van der Waals surface area contributed by atoms with Crippen molar-refractivity contribution in [3.05, 3.63) is 6.42 Å². The van der Waals surface area contributed by atoms with Gasteiger partial charge < -0.3 is 5.11 Å². The zero-order chi connectivity index (χ0) is 7.71. The van der Waals surface area contributed by atoms with E-state index in [0.29, 0.717) is 0 Å². The van der Waals surface area contributed by atoms with E-state index in [9.17, 15) is 5.11 Å². The third kappa shape index (κ3) is 7.96. The lowest BCUT2D eigenvalue weighted by molar-refractivity contribution is 0.0925. The van der Waals surface area contributed by atoms with Crippen molar-refractivity contribution in [3.63, 3.8) is 0 Å². The van der Waals surface area contributed by atoms with Crippen molar-refractivity contribution in [2.45, 2.75) is 40.2 Å². The summed E-state index contributed by atoms with van der Waals surface area (Å²) >= 11 is 0. The van der Waals surface area contributed by atoms with Gasteiger partial charge in [0.05, 0.1) is 5.60 Å². The second kappa shape index (κ2) is 2.30. The van der Waals surface area contributed by atoms with Crippen molar-refractivity contribution >= 4 is 0 Å². The molecule has 0 heterocycles. The quantitative estimate of drug-likeness (QED) is 0.574. The van der Waals surface area contributed by atoms with E-state index in [1.807, 2.05) is 6.42 Å². The first-order chi connectivity index (χ1) is 3.71. The predicted octanol–water partition coefficient (Wildman–Crippen LogP) is 2.01.